The monoisotopic (exact) mass is 483 g/mol. The maximum Gasteiger partial charge on any atom is 0.417 e. The van der Waals surface area contributed by atoms with Gasteiger partial charge in [0.25, 0.3) is 5.91 Å². The number of carbonyl (C=O) groups excluding carboxylic acids is 2. The molecule has 0 aliphatic carbocycles. The number of carbonyl (C=O) groups is 2. The Kier molecular flexibility index (Phi) is 7.86. The third-order valence-corrected chi connectivity index (χ3v) is 5.38. The summed E-state index contributed by atoms with van der Waals surface area (Å²) in [5.74, 6) is 0.155. The van der Waals surface area contributed by atoms with E-state index >= 15 is 0 Å². The molecule has 0 atom stereocenters. The minimum atomic E-state index is -4.61. The molecule has 0 saturated carbocycles. The zero-order chi connectivity index (χ0) is 24.2. The summed E-state index contributed by atoms with van der Waals surface area (Å²) in [4.78, 5) is 28.6. The minimum absolute atomic E-state index is 0.00719. The highest BCUT2D eigenvalue weighted by Crippen LogP contribution is 2.36. The van der Waals surface area contributed by atoms with Crippen molar-refractivity contribution >= 4 is 29.1 Å². The lowest BCUT2D eigenvalue weighted by atomic mass is 10.1. The molecule has 1 aliphatic heterocycles. The Balaban J connectivity index is 1.50. The number of halogens is 4. The largest absolute Gasteiger partial charge is 0.491 e. The van der Waals surface area contributed by atoms with Crippen molar-refractivity contribution in [2.75, 3.05) is 38.0 Å². The van der Waals surface area contributed by atoms with Crippen LogP contribution in [-0.2, 0) is 11.0 Å². The lowest BCUT2D eigenvalue weighted by Gasteiger charge is -2.34. The molecule has 0 bridgehead atoms. The van der Waals surface area contributed by atoms with Crippen LogP contribution in [0.2, 0.25) is 5.02 Å². The summed E-state index contributed by atoms with van der Waals surface area (Å²) in [6, 6.07) is 10.2. The van der Waals surface area contributed by atoms with E-state index < -0.39 is 22.7 Å². The van der Waals surface area contributed by atoms with Gasteiger partial charge < -0.3 is 15.0 Å². The Morgan fingerprint density at radius 1 is 1.06 bits per heavy atom. The summed E-state index contributed by atoms with van der Waals surface area (Å²) in [6.45, 7) is 5.69. The summed E-state index contributed by atoms with van der Waals surface area (Å²) < 4.78 is 44.6. The van der Waals surface area contributed by atoms with Crippen molar-refractivity contribution in [3.63, 3.8) is 0 Å². The van der Waals surface area contributed by atoms with Crippen molar-refractivity contribution in [3.8, 4) is 5.75 Å². The second-order valence-corrected chi connectivity index (χ2v) is 8.41. The number of amides is 2. The fourth-order valence-electron chi connectivity index (χ4n) is 3.46. The average Bonchev–Trinajstić information content (AvgIpc) is 2.74. The van der Waals surface area contributed by atoms with Crippen LogP contribution in [0.4, 0.5) is 18.9 Å². The van der Waals surface area contributed by atoms with E-state index in [1.807, 2.05) is 18.7 Å². The molecule has 6 nitrogen and oxygen atoms in total. The van der Waals surface area contributed by atoms with Crippen LogP contribution >= 0.6 is 11.6 Å². The van der Waals surface area contributed by atoms with Gasteiger partial charge in [0.05, 0.1) is 23.2 Å². The number of hydrogen-bond donors (Lipinski definition) is 1. The Hall–Kier alpha value is -2.78. The van der Waals surface area contributed by atoms with Gasteiger partial charge in [-0.15, -0.1) is 0 Å². The van der Waals surface area contributed by atoms with E-state index in [2.05, 4.69) is 5.32 Å². The molecule has 178 valence electrons. The molecule has 2 aromatic carbocycles. The average molecular weight is 484 g/mol. The second-order valence-electron chi connectivity index (χ2n) is 8.00. The van der Waals surface area contributed by atoms with Gasteiger partial charge >= 0.3 is 6.18 Å². The molecule has 10 heteroatoms. The van der Waals surface area contributed by atoms with Crippen molar-refractivity contribution in [1.82, 2.24) is 9.80 Å². The number of ether oxygens (including phenoxy) is 1. The van der Waals surface area contributed by atoms with E-state index in [9.17, 15) is 22.8 Å². The van der Waals surface area contributed by atoms with Gasteiger partial charge in [0.2, 0.25) is 5.91 Å². The quantitative estimate of drug-likeness (QED) is 0.655. The smallest absolute Gasteiger partial charge is 0.417 e. The summed E-state index contributed by atoms with van der Waals surface area (Å²) >= 11 is 5.60. The predicted molar refractivity (Wildman–Crippen MR) is 120 cm³/mol. The van der Waals surface area contributed by atoms with Gasteiger partial charge in [0.15, 0.2) is 0 Å². The highest BCUT2D eigenvalue weighted by Gasteiger charge is 2.33. The first-order valence-corrected chi connectivity index (χ1v) is 10.9. The molecule has 1 saturated heterocycles. The number of alkyl halides is 3. The number of rotatable bonds is 6. The van der Waals surface area contributed by atoms with Gasteiger partial charge in [0.1, 0.15) is 5.75 Å². The van der Waals surface area contributed by atoms with E-state index in [1.165, 1.54) is 6.07 Å². The molecule has 0 unspecified atom stereocenters. The zero-order valence-corrected chi connectivity index (χ0v) is 19.0. The van der Waals surface area contributed by atoms with Gasteiger partial charge in [-0.05, 0) is 56.3 Å². The van der Waals surface area contributed by atoms with E-state index in [0.29, 0.717) is 37.5 Å². The van der Waals surface area contributed by atoms with Crippen molar-refractivity contribution in [2.45, 2.75) is 26.1 Å². The summed E-state index contributed by atoms with van der Waals surface area (Å²) in [5, 5.41) is 2.05. The molecule has 2 amide bonds. The van der Waals surface area contributed by atoms with Gasteiger partial charge in [-0.1, -0.05) is 11.6 Å². The van der Waals surface area contributed by atoms with Gasteiger partial charge in [0, 0.05) is 37.4 Å². The topological polar surface area (TPSA) is 61.9 Å². The van der Waals surface area contributed by atoms with Crippen LogP contribution in [0.1, 0.15) is 29.8 Å². The SMILES string of the molecule is CC(C)Oc1ccc(C(=O)N2CCN(CC(=O)Nc3ccc(Cl)c(C(F)(F)F)c3)CC2)cc1. The maximum absolute atomic E-state index is 13.0. The molecule has 0 aromatic heterocycles. The Labute approximate surface area is 195 Å². The number of anilines is 1. The molecule has 2 aromatic rings. The van der Waals surface area contributed by atoms with Crippen LogP contribution in [0.3, 0.4) is 0 Å². The molecule has 1 aliphatic rings. The first-order valence-electron chi connectivity index (χ1n) is 10.5. The number of nitrogens with one attached hydrogen (secondary N) is 1. The summed E-state index contributed by atoms with van der Waals surface area (Å²) in [5.41, 5.74) is -0.422. The number of nitrogens with zero attached hydrogens (tertiary/aromatic N) is 2. The van der Waals surface area contributed by atoms with E-state index in [1.54, 1.807) is 29.2 Å². The molecule has 0 spiro atoms. The van der Waals surface area contributed by atoms with Crippen LogP contribution in [0.5, 0.6) is 5.75 Å². The third-order valence-electron chi connectivity index (χ3n) is 5.06. The van der Waals surface area contributed by atoms with Gasteiger partial charge in [-0.2, -0.15) is 13.2 Å². The van der Waals surface area contributed by atoms with Crippen LogP contribution in [0.15, 0.2) is 42.5 Å². The summed E-state index contributed by atoms with van der Waals surface area (Å²) in [6.07, 6.45) is -4.56. The molecular formula is C23H25ClF3N3O3. The summed E-state index contributed by atoms with van der Waals surface area (Å²) in [7, 11) is 0. The maximum atomic E-state index is 13.0. The van der Waals surface area contributed by atoms with Crippen LogP contribution in [0, 0.1) is 0 Å². The molecule has 1 fully saturated rings. The first kappa shape index (κ1) is 24.9. The molecular weight excluding hydrogens is 459 g/mol. The predicted octanol–water partition coefficient (Wildman–Crippen LogP) is 4.54. The van der Waals surface area contributed by atoms with E-state index in [-0.39, 0.29) is 24.2 Å². The fraction of sp³-hybridized carbons (Fsp3) is 0.391. The van der Waals surface area contributed by atoms with Crippen LogP contribution in [-0.4, -0.2) is 60.4 Å². The van der Waals surface area contributed by atoms with Crippen LogP contribution < -0.4 is 10.1 Å². The Bertz CT molecular complexity index is 989. The van der Waals surface area contributed by atoms with Crippen molar-refractivity contribution in [3.05, 3.63) is 58.6 Å². The standard InChI is InChI=1S/C23H25ClF3N3O3/c1-15(2)33-18-6-3-16(4-7-18)22(32)30-11-9-29(10-12-30)14-21(31)28-17-5-8-20(24)19(13-17)23(25,26)27/h3-8,13,15H,9-12,14H2,1-2H3,(H,28,31). The molecule has 33 heavy (non-hydrogen) atoms. The lowest BCUT2D eigenvalue weighted by molar-refractivity contribution is -0.137. The van der Waals surface area contributed by atoms with Crippen molar-refractivity contribution in [2.24, 2.45) is 0 Å². The van der Waals surface area contributed by atoms with Crippen LogP contribution in [0.25, 0.3) is 0 Å². The second kappa shape index (κ2) is 10.4. The van der Waals surface area contributed by atoms with Crippen molar-refractivity contribution in [1.29, 1.82) is 0 Å². The third kappa shape index (κ3) is 6.85. The number of benzene rings is 2. The molecule has 1 heterocycles. The fourth-order valence-corrected chi connectivity index (χ4v) is 3.69. The lowest BCUT2D eigenvalue weighted by Crippen LogP contribution is -2.50. The van der Waals surface area contributed by atoms with Gasteiger partial charge in [-0.3, -0.25) is 14.5 Å². The highest BCUT2D eigenvalue weighted by molar-refractivity contribution is 6.31. The minimum Gasteiger partial charge on any atom is -0.491 e. The number of hydrogen-bond acceptors (Lipinski definition) is 4. The van der Waals surface area contributed by atoms with Crippen molar-refractivity contribution < 1.29 is 27.5 Å². The molecule has 1 N–H and O–H groups in total. The number of piperazine rings is 1. The molecule has 3 rings (SSSR count). The van der Waals surface area contributed by atoms with Gasteiger partial charge in [-0.25, -0.2) is 0 Å². The zero-order valence-electron chi connectivity index (χ0n) is 18.3. The molecule has 0 radical (unpaired) electrons. The Morgan fingerprint density at radius 2 is 1.70 bits per heavy atom. The van der Waals surface area contributed by atoms with E-state index in [0.717, 1.165) is 12.1 Å². The van der Waals surface area contributed by atoms with E-state index in [4.69, 9.17) is 16.3 Å². The normalized spacial score (nSPS) is 14.9. The first-order chi connectivity index (χ1) is 15.5. The Morgan fingerprint density at radius 3 is 2.27 bits per heavy atom. The highest BCUT2D eigenvalue weighted by atomic mass is 35.5.